The van der Waals surface area contributed by atoms with Gasteiger partial charge in [0.25, 0.3) is 0 Å². The summed E-state index contributed by atoms with van der Waals surface area (Å²) < 4.78 is 93.1. The maximum Gasteiger partial charge on any atom is 3.00 e. The standard InChI is InChI=1S/3CH4O4S.Er/c3*1-5-6(2,3)4;/h3*1H3,(H,2,3,4);/q;;;+3/p-3. The van der Waals surface area contributed by atoms with Gasteiger partial charge in [-0.1, -0.05) is 0 Å². The minimum atomic E-state index is -4.41. The SMILES string of the molecule is COS(=O)(=O)[O-].COS(=O)(=O)[O-].COS(=O)(=O)[O-].[Er+3]. The Morgan fingerprint density at radius 1 is 0.579 bits per heavy atom. The van der Waals surface area contributed by atoms with Crippen molar-refractivity contribution in [2.24, 2.45) is 0 Å². The van der Waals surface area contributed by atoms with E-state index < -0.39 is 31.2 Å². The van der Waals surface area contributed by atoms with Crippen LogP contribution in [0.4, 0.5) is 0 Å². The van der Waals surface area contributed by atoms with Crippen LogP contribution in [0.1, 0.15) is 0 Å². The van der Waals surface area contributed by atoms with Crippen molar-refractivity contribution in [3.63, 3.8) is 0 Å². The van der Waals surface area contributed by atoms with E-state index >= 15 is 0 Å². The molecule has 0 bridgehead atoms. The first-order valence-corrected chi connectivity index (χ1v) is 7.22. The first-order valence-electron chi connectivity index (χ1n) is 3.22. The molecule has 0 rings (SSSR count). The van der Waals surface area contributed by atoms with E-state index in [9.17, 15) is 38.9 Å². The van der Waals surface area contributed by atoms with Gasteiger partial charge >= 0.3 is 37.3 Å². The van der Waals surface area contributed by atoms with Gasteiger partial charge in [-0.05, 0) is 0 Å². The van der Waals surface area contributed by atoms with Crippen LogP contribution in [0, 0.1) is 37.3 Å². The van der Waals surface area contributed by atoms with Gasteiger partial charge in [0.15, 0.2) is 0 Å². The molecule has 19 heavy (non-hydrogen) atoms. The maximum atomic E-state index is 9.22. The van der Waals surface area contributed by atoms with Gasteiger partial charge in [0.05, 0.1) is 21.3 Å². The predicted molar refractivity (Wildman–Crippen MR) is 50.1 cm³/mol. The topological polar surface area (TPSA) is 199 Å². The first kappa shape index (κ1) is 28.1. The Bertz CT molecular complexity index is 410. The van der Waals surface area contributed by atoms with Gasteiger partial charge < -0.3 is 13.7 Å². The number of hydrogen-bond donors (Lipinski definition) is 0. The normalized spacial score (nSPS) is 11.1. The van der Waals surface area contributed by atoms with E-state index in [0.717, 1.165) is 21.3 Å². The maximum absolute atomic E-state index is 9.22. The van der Waals surface area contributed by atoms with E-state index in [0.29, 0.717) is 0 Å². The number of rotatable bonds is 3. The molecule has 1 radical (unpaired) electrons. The van der Waals surface area contributed by atoms with Crippen LogP contribution in [-0.4, -0.2) is 60.2 Å². The molecule has 0 aromatic carbocycles. The molecule has 0 saturated heterocycles. The van der Waals surface area contributed by atoms with E-state index in [1.165, 1.54) is 0 Å². The van der Waals surface area contributed by atoms with Crippen molar-refractivity contribution < 1.29 is 88.8 Å². The molecule has 12 nitrogen and oxygen atoms in total. The second kappa shape index (κ2) is 12.6. The molecule has 0 heterocycles. The molecular weight excluding hydrogens is 491 g/mol. The average molecular weight is 501 g/mol. The summed E-state index contributed by atoms with van der Waals surface area (Å²) >= 11 is 0. The molecule has 0 fully saturated rings. The molecular formula is C3H9ErO12S3. The summed E-state index contributed by atoms with van der Waals surface area (Å²) in [4.78, 5) is 0. The molecule has 0 aliphatic rings. The number of hydrogen-bond acceptors (Lipinski definition) is 12. The third kappa shape index (κ3) is 55.2. The van der Waals surface area contributed by atoms with E-state index in [1.54, 1.807) is 0 Å². The van der Waals surface area contributed by atoms with Crippen LogP contribution in [0.3, 0.4) is 0 Å². The van der Waals surface area contributed by atoms with Crippen LogP contribution in [0.5, 0.6) is 0 Å². The van der Waals surface area contributed by atoms with E-state index in [1.807, 2.05) is 0 Å². The van der Waals surface area contributed by atoms with Crippen molar-refractivity contribution in [3.8, 4) is 0 Å². The molecule has 0 aliphatic heterocycles. The van der Waals surface area contributed by atoms with Crippen molar-refractivity contribution in [2.45, 2.75) is 0 Å². The van der Waals surface area contributed by atoms with E-state index in [2.05, 4.69) is 12.5 Å². The Balaban J connectivity index is -0.0000000865. The summed E-state index contributed by atoms with van der Waals surface area (Å²) in [6.07, 6.45) is 0. The Hall–Kier alpha value is 0.857. The Morgan fingerprint density at radius 3 is 0.632 bits per heavy atom. The molecule has 123 valence electrons. The van der Waals surface area contributed by atoms with Crippen LogP contribution in [0.15, 0.2) is 0 Å². The van der Waals surface area contributed by atoms with Crippen LogP contribution in [-0.2, 0) is 43.7 Å². The van der Waals surface area contributed by atoms with Crippen molar-refractivity contribution in [3.05, 3.63) is 0 Å². The Morgan fingerprint density at radius 2 is 0.632 bits per heavy atom. The summed E-state index contributed by atoms with van der Waals surface area (Å²) in [5.41, 5.74) is 0. The molecule has 0 aliphatic carbocycles. The van der Waals surface area contributed by atoms with Crippen LogP contribution in [0.25, 0.3) is 0 Å². The molecule has 0 saturated carbocycles. The summed E-state index contributed by atoms with van der Waals surface area (Å²) in [5, 5.41) is 0. The monoisotopic (exact) mass is 499 g/mol. The molecule has 0 aromatic rings. The van der Waals surface area contributed by atoms with Gasteiger partial charge in [-0.3, -0.25) is 12.5 Å². The predicted octanol–water partition coefficient (Wildman–Crippen LogP) is -2.72. The van der Waals surface area contributed by atoms with Gasteiger partial charge in [0.1, 0.15) is 0 Å². The second-order valence-corrected chi connectivity index (χ2v) is 5.17. The quantitative estimate of drug-likeness (QED) is 0.287. The molecule has 16 heteroatoms. The zero-order valence-electron chi connectivity index (χ0n) is 9.41. The smallest absolute Gasteiger partial charge is 0.726 e. The summed E-state index contributed by atoms with van der Waals surface area (Å²) in [5.74, 6) is 0. The molecule has 0 atom stereocenters. The molecule has 0 unspecified atom stereocenters. The molecule has 0 aromatic heterocycles. The Labute approximate surface area is 140 Å². The van der Waals surface area contributed by atoms with Crippen molar-refractivity contribution in [1.29, 1.82) is 0 Å². The van der Waals surface area contributed by atoms with Gasteiger partial charge in [0, 0.05) is 0 Å². The second-order valence-electron chi connectivity index (χ2n) is 1.72. The van der Waals surface area contributed by atoms with Crippen molar-refractivity contribution >= 4 is 31.2 Å². The van der Waals surface area contributed by atoms with Crippen molar-refractivity contribution in [2.75, 3.05) is 21.3 Å². The first-order chi connectivity index (χ1) is 7.68. The Kier molecular flexibility index (Phi) is 18.6. The van der Waals surface area contributed by atoms with Crippen LogP contribution >= 0.6 is 0 Å². The van der Waals surface area contributed by atoms with Gasteiger partial charge in [-0.25, -0.2) is 25.3 Å². The fraction of sp³-hybridized carbons (Fsp3) is 1.00. The van der Waals surface area contributed by atoms with Gasteiger partial charge in [-0.2, -0.15) is 0 Å². The van der Waals surface area contributed by atoms with Gasteiger partial charge in [0.2, 0.25) is 31.2 Å². The largest absolute Gasteiger partial charge is 3.00 e. The third-order valence-corrected chi connectivity index (χ3v) is 1.84. The summed E-state index contributed by atoms with van der Waals surface area (Å²) in [6.45, 7) is 0. The van der Waals surface area contributed by atoms with Crippen LogP contribution in [0.2, 0.25) is 0 Å². The minimum absolute atomic E-state index is 0. The van der Waals surface area contributed by atoms with Gasteiger partial charge in [-0.15, -0.1) is 0 Å². The van der Waals surface area contributed by atoms with E-state index in [-0.39, 0.29) is 37.3 Å². The van der Waals surface area contributed by atoms with E-state index in [4.69, 9.17) is 0 Å². The molecule has 0 amide bonds. The summed E-state index contributed by atoms with van der Waals surface area (Å²) in [7, 11) is -10.8. The fourth-order valence-electron chi connectivity index (χ4n) is 0. The molecule has 0 spiro atoms. The minimum Gasteiger partial charge on any atom is -0.726 e. The fourth-order valence-corrected chi connectivity index (χ4v) is 0. The average Bonchev–Trinajstić information content (AvgIpc) is 2.16. The zero-order valence-corrected chi connectivity index (χ0v) is 13.7. The molecule has 0 N–H and O–H groups in total. The zero-order chi connectivity index (χ0) is 15.6. The summed E-state index contributed by atoms with van der Waals surface area (Å²) in [6, 6.07) is 0. The third-order valence-electron chi connectivity index (χ3n) is 0.612. The van der Waals surface area contributed by atoms with Crippen molar-refractivity contribution in [1.82, 2.24) is 0 Å². The van der Waals surface area contributed by atoms with Crippen LogP contribution < -0.4 is 0 Å².